The van der Waals surface area contributed by atoms with Crippen molar-refractivity contribution in [3.63, 3.8) is 0 Å². The third kappa shape index (κ3) is 16.3. The van der Waals surface area contributed by atoms with E-state index in [1.807, 2.05) is 71.9 Å². The van der Waals surface area contributed by atoms with Gasteiger partial charge in [-0.15, -0.1) is 0 Å². The Morgan fingerprint density at radius 3 is 2.37 bits per heavy atom. The van der Waals surface area contributed by atoms with E-state index in [0.717, 1.165) is 12.0 Å². The van der Waals surface area contributed by atoms with Crippen LogP contribution in [0.5, 0.6) is 0 Å². The first-order chi connectivity index (χ1) is 16.7. The van der Waals surface area contributed by atoms with Gasteiger partial charge in [0.25, 0.3) is 0 Å². The Bertz CT molecular complexity index is 865. The third-order valence-corrected chi connectivity index (χ3v) is 4.75. The molecule has 0 aromatic heterocycles. The highest BCUT2D eigenvalue weighted by Crippen LogP contribution is 2.19. The van der Waals surface area contributed by atoms with Gasteiger partial charge in [0.05, 0.1) is 24.9 Å². The van der Waals surface area contributed by atoms with E-state index < -0.39 is 5.97 Å². The SMILES string of the molecule is C=C/C(=C\C=C/C)O/C(=C/C(C)=C\CC)C(C)O[C@H](C)CCO/C(C)=C/C=C(\C=C\C)CC(=O)O. The number of allylic oxidation sites excluding steroid dienone is 12. The van der Waals surface area contributed by atoms with Crippen LogP contribution in [0.15, 0.2) is 95.8 Å². The van der Waals surface area contributed by atoms with E-state index in [-0.39, 0.29) is 18.6 Å². The number of ether oxygens (including phenoxy) is 3. The average Bonchev–Trinajstić information content (AvgIpc) is 2.79. The van der Waals surface area contributed by atoms with Crippen molar-refractivity contribution < 1.29 is 24.1 Å². The van der Waals surface area contributed by atoms with Crippen LogP contribution in [0.25, 0.3) is 0 Å². The second kappa shape index (κ2) is 19.3. The normalized spacial score (nSPS) is 16.0. The van der Waals surface area contributed by atoms with Gasteiger partial charge in [0.1, 0.15) is 17.6 Å². The molecule has 0 amide bonds. The number of rotatable bonds is 17. The molecule has 0 heterocycles. The van der Waals surface area contributed by atoms with Gasteiger partial charge in [-0.2, -0.15) is 0 Å². The van der Waals surface area contributed by atoms with Gasteiger partial charge >= 0.3 is 5.97 Å². The largest absolute Gasteiger partial charge is 0.498 e. The predicted octanol–water partition coefficient (Wildman–Crippen LogP) is 7.97. The van der Waals surface area contributed by atoms with E-state index in [4.69, 9.17) is 19.3 Å². The van der Waals surface area contributed by atoms with Crippen LogP contribution in [0.4, 0.5) is 0 Å². The molecule has 0 saturated heterocycles. The van der Waals surface area contributed by atoms with Gasteiger partial charge < -0.3 is 19.3 Å². The van der Waals surface area contributed by atoms with Crippen LogP contribution in [0.2, 0.25) is 0 Å². The molecule has 0 aromatic carbocycles. The first kappa shape index (κ1) is 31.9. The summed E-state index contributed by atoms with van der Waals surface area (Å²) in [5.74, 6) is 1.22. The average molecular weight is 485 g/mol. The first-order valence-corrected chi connectivity index (χ1v) is 12.2. The van der Waals surface area contributed by atoms with Crippen LogP contribution in [0.1, 0.15) is 67.7 Å². The molecule has 2 atom stereocenters. The molecule has 0 aliphatic rings. The van der Waals surface area contributed by atoms with Gasteiger partial charge in [-0.25, -0.2) is 0 Å². The molecule has 0 spiro atoms. The molecular weight excluding hydrogens is 440 g/mol. The lowest BCUT2D eigenvalue weighted by Crippen LogP contribution is -2.21. The van der Waals surface area contributed by atoms with Crippen LogP contribution in [-0.4, -0.2) is 29.9 Å². The van der Waals surface area contributed by atoms with Crippen LogP contribution in [0, 0.1) is 0 Å². The van der Waals surface area contributed by atoms with Crippen LogP contribution in [-0.2, 0) is 19.0 Å². The molecule has 1 N–H and O–H groups in total. The van der Waals surface area contributed by atoms with Gasteiger partial charge in [-0.3, -0.25) is 4.79 Å². The molecule has 0 aliphatic heterocycles. The fourth-order valence-electron chi connectivity index (χ4n) is 3.01. The van der Waals surface area contributed by atoms with Crippen molar-refractivity contribution in [3.8, 4) is 0 Å². The highest BCUT2D eigenvalue weighted by atomic mass is 16.5. The minimum Gasteiger partial charge on any atom is -0.498 e. The van der Waals surface area contributed by atoms with Crippen molar-refractivity contribution in [2.45, 2.75) is 79.9 Å². The number of carbonyl (C=O) groups is 1. The van der Waals surface area contributed by atoms with Crippen LogP contribution < -0.4 is 0 Å². The van der Waals surface area contributed by atoms with E-state index in [9.17, 15) is 4.79 Å². The summed E-state index contributed by atoms with van der Waals surface area (Å²) in [4.78, 5) is 11.0. The van der Waals surface area contributed by atoms with Crippen molar-refractivity contribution in [3.05, 3.63) is 95.8 Å². The molecule has 194 valence electrons. The minimum absolute atomic E-state index is 0.0286. The Hall–Kier alpha value is -3.05. The number of hydrogen-bond donors (Lipinski definition) is 1. The summed E-state index contributed by atoms with van der Waals surface area (Å²) in [5, 5.41) is 9.00. The molecule has 0 bridgehead atoms. The van der Waals surface area contributed by atoms with E-state index in [1.165, 1.54) is 0 Å². The number of carboxylic acids is 1. The van der Waals surface area contributed by atoms with Gasteiger partial charge in [-0.05, 0) is 77.8 Å². The second-order valence-electron chi connectivity index (χ2n) is 8.12. The lowest BCUT2D eigenvalue weighted by atomic mass is 10.1. The highest BCUT2D eigenvalue weighted by molar-refractivity contribution is 5.71. The van der Waals surface area contributed by atoms with Crippen molar-refractivity contribution in [2.75, 3.05) is 6.61 Å². The maximum atomic E-state index is 11.0. The van der Waals surface area contributed by atoms with E-state index in [1.54, 1.807) is 24.3 Å². The Morgan fingerprint density at radius 1 is 1.09 bits per heavy atom. The smallest absolute Gasteiger partial charge is 0.307 e. The van der Waals surface area contributed by atoms with E-state index >= 15 is 0 Å². The van der Waals surface area contributed by atoms with Gasteiger partial charge in [0.2, 0.25) is 0 Å². The predicted molar refractivity (Wildman–Crippen MR) is 146 cm³/mol. The Labute approximate surface area is 212 Å². The Morgan fingerprint density at radius 2 is 1.80 bits per heavy atom. The Balaban J connectivity index is 5.13. The summed E-state index contributed by atoms with van der Waals surface area (Å²) < 4.78 is 18.1. The lowest BCUT2D eigenvalue weighted by Gasteiger charge is -2.22. The molecule has 0 aromatic rings. The van der Waals surface area contributed by atoms with E-state index in [0.29, 0.717) is 35.9 Å². The lowest BCUT2D eigenvalue weighted by molar-refractivity contribution is -0.136. The molecule has 0 aliphatic carbocycles. The maximum absolute atomic E-state index is 11.0. The summed E-state index contributed by atoms with van der Waals surface area (Å²) in [6.45, 7) is 18.1. The molecule has 0 rings (SSSR count). The summed E-state index contributed by atoms with van der Waals surface area (Å²) in [7, 11) is 0. The molecule has 0 radical (unpaired) electrons. The monoisotopic (exact) mass is 484 g/mol. The zero-order chi connectivity index (χ0) is 26.6. The zero-order valence-electron chi connectivity index (χ0n) is 22.5. The topological polar surface area (TPSA) is 65.0 Å². The second-order valence-corrected chi connectivity index (χ2v) is 8.12. The molecule has 1 unspecified atom stereocenters. The minimum atomic E-state index is -0.864. The quantitative estimate of drug-likeness (QED) is 0.167. The Kier molecular flexibility index (Phi) is 17.6. The molecule has 5 nitrogen and oxygen atoms in total. The molecular formula is C30H44O5. The fourth-order valence-corrected chi connectivity index (χ4v) is 3.01. The molecule has 35 heavy (non-hydrogen) atoms. The van der Waals surface area contributed by atoms with Crippen LogP contribution >= 0.6 is 0 Å². The first-order valence-electron chi connectivity index (χ1n) is 12.2. The zero-order valence-corrected chi connectivity index (χ0v) is 22.5. The standard InChI is InChI=1S/C30H44O5/c1-9-13-16-28(12-4)35-29(21-23(5)14-10-2)26(8)34-25(7)19-20-33-24(6)17-18-27(15-11-3)22-30(31)32/h9,11-18,21,25-26H,4,10,19-20,22H2,1-3,5-8H3,(H,31,32)/b13-9-,15-11+,23-14-,24-17+,27-18+,28-16+,29-21+/t25-,26?/m1/s1. The summed E-state index contributed by atoms with van der Waals surface area (Å²) >= 11 is 0. The summed E-state index contributed by atoms with van der Waals surface area (Å²) in [6.07, 6.45) is 20.0. The third-order valence-electron chi connectivity index (χ3n) is 4.75. The molecule has 0 saturated carbocycles. The van der Waals surface area contributed by atoms with E-state index in [2.05, 4.69) is 19.6 Å². The summed E-state index contributed by atoms with van der Waals surface area (Å²) in [6, 6.07) is 0. The van der Waals surface area contributed by atoms with Crippen molar-refractivity contribution in [1.82, 2.24) is 0 Å². The highest BCUT2D eigenvalue weighted by Gasteiger charge is 2.16. The van der Waals surface area contributed by atoms with Gasteiger partial charge in [0, 0.05) is 6.42 Å². The number of aliphatic carboxylic acids is 1. The van der Waals surface area contributed by atoms with Gasteiger partial charge in [0.15, 0.2) is 0 Å². The van der Waals surface area contributed by atoms with Gasteiger partial charge in [-0.1, -0.05) is 55.5 Å². The van der Waals surface area contributed by atoms with Crippen molar-refractivity contribution in [2.24, 2.45) is 0 Å². The van der Waals surface area contributed by atoms with Crippen LogP contribution in [0.3, 0.4) is 0 Å². The number of carboxylic acid groups (broad SMARTS) is 1. The maximum Gasteiger partial charge on any atom is 0.307 e. The molecule has 0 fully saturated rings. The van der Waals surface area contributed by atoms with Crippen molar-refractivity contribution in [1.29, 1.82) is 0 Å². The fraction of sp³-hybridized carbons (Fsp3) is 0.433. The number of hydrogen-bond acceptors (Lipinski definition) is 4. The molecule has 5 heteroatoms. The van der Waals surface area contributed by atoms with Crippen molar-refractivity contribution >= 4 is 5.97 Å². The summed E-state index contributed by atoms with van der Waals surface area (Å²) in [5.41, 5.74) is 1.82.